The predicted octanol–water partition coefficient (Wildman–Crippen LogP) is 4.76. The highest BCUT2D eigenvalue weighted by molar-refractivity contribution is 5.99. The molecule has 1 saturated heterocycles. The molecule has 0 spiro atoms. The molecule has 7 heterocycles. The van der Waals surface area contributed by atoms with E-state index in [1.54, 1.807) is 18.6 Å². The van der Waals surface area contributed by atoms with Crippen LogP contribution in [0.5, 0.6) is 5.75 Å². The number of aromatic nitrogens is 7. The number of hydrogen-bond donors (Lipinski definition) is 3. The second kappa shape index (κ2) is 9.11. The van der Waals surface area contributed by atoms with Gasteiger partial charge in [0, 0.05) is 41.3 Å². The molecule has 1 aliphatic heterocycles. The first kappa shape index (κ1) is 21.6. The lowest BCUT2D eigenvalue weighted by Gasteiger charge is -2.23. The summed E-state index contributed by atoms with van der Waals surface area (Å²) in [6.45, 7) is 1.96. The van der Waals surface area contributed by atoms with Crippen molar-refractivity contribution in [1.82, 2.24) is 40.4 Å². The van der Waals surface area contributed by atoms with Gasteiger partial charge in [-0.2, -0.15) is 5.10 Å². The van der Waals surface area contributed by atoms with Crippen molar-refractivity contribution in [2.45, 2.75) is 18.9 Å². The molecule has 182 valence electrons. The third-order valence-corrected chi connectivity index (χ3v) is 6.80. The molecule has 6 aromatic heterocycles. The zero-order valence-corrected chi connectivity index (χ0v) is 20.0. The zero-order chi connectivity index (χ0) is 24.6. The number of rotatable bonds is 5. The lowest BCUT2D eigenvalue weighted by molar-refractivity contribution is 0.162. The number of H-pyrrole nitrogens is 2. The first-order valence-corrected chi connectivity index (χ1v) is 12.4. The van der Waals surface area contributed by atoms with E-state index in [2.05, 4.69) is 41.5 Å². The maximum atomic E-state index is 6.20. The summed E-state index contributed by atoms with van der Waals surface area (Å²) in [7, 11) is 0. The Hall–Kier alpha value is -4.63. The van der Waals surface area contributed by atoms with Crippen LogP contribution in [0.3, 0.4) is 0 Å². The molecule has 0 amide bonds. The molecule has 0 atom stereocenters. The highest BCUT2D eigenvalue weighted by Gasteiger charge is 2.17. The van der Waals surface area contributed by atoms with Crippen LogP contribution in [0.2, 0.25) is 0 Å². The van der Waals surface area contributed by atoms with E-state index in [4.69, 9.17) is 9.72 Å². The van der Waals surface area contributed by atoms with Gasteiger partial charge in [0.1, 0.15) is 23.1 Å². The Balaban J connectivity index is 1.26. The van der Waals surface area contributed by atoms with Gasteiger partial charge in [-0.3, -0.25) is 20.1 Å². The summed E-state index contributed by atoms with van der Waals surface area (Å²) in [6.07, 6.45) is 13.1. The van der Waals surface area contributed by atoms with Crippen molar-refractivity contribution in [3.05, 3.63) is 73.6 Å². The molecule has 0 unspecified atom stereocenters. The summed E-state index contributed by atoms with van der Waals surface area (Å²) in [6, 6.07) is 12.1. The van der Waals surface area contributed by atoms with Crippen LogP contribution in [0.1, 0.15) is 12.8 Å². The molecule has 7 rings (SSSR count). The van der Waals surface area contributed by atoms with Gasteiger partial charge in [-0.05, 0) is 67.9 Å². The van der Waals surface area contributed by atoms with Crippen LogP contribution in [0.15, 0.2) is 73.6 Å². The second-order valence-electron chi connectivity index (χ2n) is 9.21. The van der Waals surface area contributed by atoms with Crippen molar-refractivity contribution in [3.63, 3.8) is 0 Å². The molecular formula is C28H24N8O. The molecule has 1 fully saturated rings. The number of nitrogens with one attached hydrogen (secondary N) is 3. The van der Waals surface area contributed by atoms with Crippen molar-refractivity contribution in [2.24, 2.45) is 0 Å². The molecule has 37 heavy (non-hydrogen) atoms. The topological polar surface area (TPSA) is 117 Å². The van der Waals surface area contributed by atoms with Gasteiger partial charge in [-0.15, -0.1) is 0 Å². The minimum absolute atomic E-state index is 0.211. The molecule has 0 bridgehead atoms. The van der Waals surface area contributed by atoms with Crippen LogP contribution in [-0.4, -0.2) is 54.3 Å². The molecule has 9 nitrogen and oxygen atoms in total. The molecule has 0 aliphatic carbocycles. The fourth-order valence-corrected chi connectivity index (χ4v) is 4.92. The Morgan fingerprint density at radius 1 is 0.811 bits per heavy atom. The van der Waals surface area contributed by atoms with Crippen molar-refractivity contribution in [2.75, 3.05) is 13.1 Å². The Labute approximate surface area is 212 Å². The smallest absolute Gasteiger partial charge is 0.138 e. The van der Waals surface area contributed by atoms with Gasteiger partial charge in [0.25, 0.3) is 0 Å². The van der Waals surface area contributed by atoms with E-state index in [0.29, 0.717) is 0 Å². The van der Waals surface area contributed by atoms with Gasteiger partial charge in [0.2, 0.25) is 0 Å². The predicted molar refractivity (Wildman–Crippen MR) is 142 cm³/mol. The normalized spacial score (nSPS) is 14.4. The number of pyridine rings is 4. The molecule has 1 aliphatic rings. The maximum Gasteiger partial charge on any atom is 0.138 e. The summed E-state index contributed by atoms with van der Waals surface area (Å²) in [5.41, 5.74) is 8.02. The molecule has 0 saturated carbocycles. The maximum absolute atomic E-state index is 6.20. The Morgan fingerprint density at radius 3 is 2.57 bits per heavy atom. The SMILES string of the molecule is c1cc(-c2cncc3[nH]c(-c4n[nH]c5ccc(-c6cncc(OC7CCNCC7)c6)nc45)cc23)ccn1. The summed E-state index contributed by atoms with van der Waals surface area (Å²) in [5.74, 6) is 0.769. The monoisotopic (exact) mass is 488 g/mol. The number of ether oxygens (including phenoxy) is 1. The van der Waals surface area contributed by atoms with E-state index >= 15 is 0 Å². The van der Waals surface area contributed by atoms with Crippen LogP contribution in [-0.2, 0) is 0 Å². The Bertz CT molecular complexity index is 1700. The van der Waals surface area contributed by atoms with Crippen LogP contribution in [0, 0.1) is 0 Å². The van der Waals surface area contributed by atoms with Gasteiger partial charge in [0.05, 0.1) is 34.8 Å². The number of aromatic amines is 2. The first-order valence-electron chi connectivity index (χ1n) is 12.4. The number of nitrogens with zero attached hydrogens (tertiary/aromatic N) is 5. The summed E-state index contributed by atoms with van der Waals surface area (Å²) in [4.78, 5) is 21.4. The van der Waals surface area contributed by atoms with E-state index in [-0.39, 0.29) is 6.10 Å². The summed E-state index contributed by atoms with van der Waals surface area (Å²) < 4.78 is 6.20. The van der Waals surface area contributed by atoms with E-state index in [0.717, 1.165) is 87.4 Å². The molecule has 6 aromatic rings. The highest BCUT2D eigenvalue weighted by atomic mass is 16.5. The van der Waals surface area contributed by atoms with Gasteiger partial charge >= 0.3 is 0 Å². The van der Waals surface area contributed by atoms with Crippen LogP contribution < -0.4 is 10.1 Å². The number of hydrogen-bond acceptors (Lipinski definition) is 7. The van der Waals surface area contributed by atoms with Gasteiger partial charge in [-0.1, -0.05) is 0 Å². The second-order valence-corrected chi connectivity index (χ2v) is 9.21. The summed E-state index contributed by atoms with van der Waals surface area (Å²) >= 11 is 0. The van der Waals surface area contributed by atoms with E-state index < -0.39 is 0 Å². The van der Waals surface area contributed by atoms with Crippen LogP contribution in [0.25, 0.3) is 55.7 Å². The number of piperidine rings is 1. The number of fused-ring (bicyclic) bond motifs is 2. The molecule has 3 N–H and O–H groups in total. The zero-order valence-electron chi connectivity index (χ0n) is 20.0. The minimum Gasteiger partial charge on any atom is -0.489 e. The van der Waals surface area contributed by atoms with Crippen LogP contribution in [0.4, 0.5) is 0 Å². The van der Waals surface area contributed by atoms with E-state index in [1.807, 2.05) is 48.9 Å². The lowest BCUT2D eigenvalue weighted by Crippen LogP contribution is -2.34. The first-order chi connectivity index (χ1) is 18.3. The third kappa shape index (κ3) is 4.09. The molecule has 9 heteroatoms. The third-order valence-electron chi connectivity index (χ3n) is 6.80. The standard InChI is InChI=1S/C28H24N8O/c1-2-24-27(34-23(1)18-11-20(14-31-13-18)37-19-5-9-30-10-6-19)28(36-35-24)25-12-21-22(15-32-16-26(21)33-25)17-3-7-29-8-4-17/h1-4,7-8,11-16,19,30,33H,5-6,9-10H2,(H,35,36). The van der Waals surface area contributed by atoms with Gasteiger partial charge in [0.15, 0.2) is 0 Å². The lowest BCUT2D eigenvalue weighted by atomic mass is 10.1. The fourth-order valence-electron chi connectivity index (χ4n) is 4.92. The average molecular weight is 489 g/mol. The van der Waals surface area contributed by atoms with E-state index in [9.17, 15) is 0 Å². The van der Waals surface area contributed by atoms with Crippen LogP contribution >= 0.6 is 0 Å². The summed E-state index contributed by atoms with van der Waals surface area (Å²) in [5, 5.41) is 12.1. The van der Waals surface area contributed by atoms with Gasteiger partial charge < -0.3 is 15.0 Å². The highest BCUT2D eigenvalue weighted by Crippen LogP contribution is 2.33. The van der Waals surface area contributed by atoms with Crippen molar-refractivity contribution < 1.29 is 4.74 Å². The Morgan fingerprint density at radius 2 is 1.68 bits per heavy atom. The molecule has 0 radical (unpaired) electrons. The van der Waals surface area contributed by atoms with E-state index in [1.165, 1.54) is 0 Å². The molecular weight excluding hydrogens is 464 g/mol. The largest absolute Gasteiger partial charge is 0.489 e. The van der Waals surface area contributed by atoms with Crippen molar-refractivity contribution >= 4 is 21.9 Å². The van der Waals surface area contributed by atoms with Gasteiger partial charge in [-0.25, -0.2) is 4.98 Å². The average Bonchev–Trinajstić information content (AvgIpc) is 3.58. The fraction of sp³-hybridized carbons (Fsp3) is 0.179. The van der Waals surface area contributed by atoms with Crippen molar-refractivity contribution in [3.8, 4) is 39.5 Å². The minimum atomic E-state index is 0.211. The quantitative estimate of drug-likeness (QED) is 0.320. The Kier molecular flexibility index (Phi) is 5.32. The molecule has 0 aromatic carbocycles. The van der Waals surface area contributed by atoms with Crippen molar-refractivity contribution in [1.29, 1.82) is 0 Å².